The first kappa shape index (κ1) is 18.8. The molecule has 0 fully saturated rings. The third-order valence-corrected chi connectivity index (χ3v) is 6.34. The van der Waals surface area contributed by atoms with E-state index in [1.54, 1.807) is 26.0 Å². The first-order valence-corrected chi connectivity index (χ1v) is 9.78. The third-order valence-electron chi connectivity index (χ3n) is 4.17. The van der Waals surface area contributed by atoms with E-state index in [1.807, 2.05) is 0 Å². The van der Waals surface area contributed by atoms with E-state index in [0.717, 1.165) is 0 Å². The van der Waals surface area contributed by atoms with Crippen molar-refractivity contribution >= 4 is 27.6 Å². The van der Waals surface area contributed by atoms with Crippen LogP contribution in [0.2, 0.25) is 0 Å². The van der Waals surface area contributed by atoms with Crippen LogP contribution in [0.5, 0.6) is 0 Å². The Labute approximate surface area is 156 Å². The predicted molar refractivity (Wildman–Crippen MR) is 95.5 cm³/mol. The van der Waals surface area contributed by atoms with E-state index in [0.29, 0.717) is 10.6 Å². The number of fused-ring (bicyclic) bond motifs is 1. The summed E-state index contributed by atoms with van der Waals surface area (Å²) in [6.45, 7) is 3.17. The van der Waals surface area contributed by atoms with Gasteiger partial charge in [0, 0.05) is 0 Å². The fourth-order valence-corrected chi connectivity index (χ4v) is 3.68. The Bertz CT molecular complexity index is 989. The van der Waals surface area contributed by atoms with Gasteiger partial charge in [0.2, 0.25) is 0 Å². The third kappa shape index (κ3) is 3.48. The molecule has 0 spiro atoms. The molecule has 0 radical (unpaired) electrons. The minimum atomic E-state index is -3.40. The van der Waals surface area contributed by atoms with Crippen LogP contribution in [0.3, 0.4) is 0 Å². The Hall–Kier alpha value is -3.00. The van der Waals surface area contributed by atoms with E-state index in [4.69, 9.17) is 4.84 Å². The summed E-state index contributed by atoms with van der Waals surface area (Å²) in [7, 11) is -3.40. The maximum absolute atomic E-state index is 12.2. The summed E-state index contributed by atoms with van der Waals surface area (Å²) in [6.07, 6.45) is -0.213. The van der Waals surface area contributed by atoms with Crippen LogP contribution in [0.15, 0.2) is 53.4 Å². The Kier molecular flexibility index (Phi) is 4.84. The molecule has 0 saturated heterocycles. The van der Waals surface area contributed by atoms with Crippen LogP contribution >= 0.6 is 0 Å². The van der Waals surface area contributed by atoms with Crippen LogP contribution in [0.1, 0.15) is 40.1 Å². The van der Waals surface area contributed by atoms with Crippen LogP contribution in [0, 0.1) is 0 Å². The summed E-state index contributed by atoms with van der Waals surface area (Å²) in [5.74, 6) is -2.19. The van der Waals surface area contributed by atoms with Gasteiger partial charge in [-0.15, -0.1) is 0 Å². The van der Waals surface area contributed by atoms with Crippen LogP contribution in [0.4, 0.5) is 0 Å². The monoisotopic (exact) mass is 387 g/mol. The lowest BCUT2D eigenvalue weighted by Crippen LogP contribution is -2.33. The maximum atomic E-state index is 12.2. The second-order valence-electron chi connectivity index (χ2n) is 6.33. The van der Waals surface area contributed by atoms with Crippen LogP contribution in [-0.4, -0.2) is 36.5 Å². The van der Waals surface area contributed by atoms with Gasteiger partial charge in [0.15, 0.2) is 9.84 Å². The number of nitrogens with zero attached hydrogens (tertiary/aromatic N) is 1. The highest BCUT2D eigenvalue weighted by molar-refractivity contribution is 7.92. The average Bonchev–Trinajstić information content (AvgIpc) is 2.87. The topological polar surface area (TPSA) is 97.8 Å². The molecule has 1 aliphatic heterocycles. The number of benzene rings is 2. The standard InChI is InChI=1S/C19H17NO6S/c1-12(2)27(24,25)14-9-7-13(8-10-14)11-17(21)26-20-18(22)15-5-3-4-6-16(15)19(20)23/h3-10,12H,11H2,1-2H3. The summed E-state index contributed by atoms with van der Waals surface area (Å²) in [5.41, 5.74) is 0.858. The molecule has 8 heteroatoms. The van der Waals surface area contributed by atoms with E-state index in [1.165, 1.54) is 36.4 Å². The van der Waals surface area contributed by atoms with E-state index in [2.05, 4.69) is 0 Å². The Morgan fingerprint density at radius 1 is 0.963 bits per heavy atom. The van der Waals surface area contributed by atoms with Crippen LogP contribution in [0.25, 0.3) is 0 Å². The predicted octanol–water partition coefficient (Wildman–Crippen LogP) is 2.17. The highest BCUT2D eigenvalue weighted by Gasteiger charge is 2.38. The lowest BCUT2D eigenvalue weighted by molar-refractivity contribution is -0.167. The van der Waals surface area contributed by atoms with Gasteiger partial charge >= 0.3 is 5.97 Å². The zero-order chi connectivity index (χ0) is 19.8. The van der Waals surface area contributed by atoms with Gasteiger partial charge in [-0.25, -0.2) is 13.2 Å². The molecule has 0 aromatic heterocycles. The van der Waals surface area contributed by atoms with Crippen molar-refractivity contribution in [2.75, 3.05) is 0 Å². The number of sulfone groups is 1. The average molecular weight is 387 g/mol. The number of amides is 2. The molecule has 0 aliphatic carbocycles. The number of carbonyl (C=O) groups is 3. The number of rotatable bonds is 5. The van der Waals surface area contributed by atoms with Crippen molar-refractivity contribution in [1.82, 2.24) is 5.06 Å². The van der Waals surface area contributed by atoms with E-state index >= 15 is 0 Å². The molecule has 0 atom stereocenters. The summed E-state index contributed by atoms with van der Waals surface area (Å²) in [6, 6.07) is 12.0. The smallest absolute Gasteiger partial charge is 0.329 e. The van der Waals surface area contributed by atoms with Gasteiger partial charge in [-0.05, 0) is 43.7 Å². The van der Waals surface area contributed by atoms with Crippen LogP contribution < -0.4 is 0 Å². The molecule has 140 valence electrons. The molecule has 2 aromatic rings. The van der Waals surface area contributed by atoms with Gasteiger partial charge in [0.05, 0.1) is 27.7 Å². The number of imide groups is 1. The second-order valence-corrected chi connectivity index (χ2v) is 8.83. The number of carbonyl (C=O) groups excluding carboxylic acids is 3. The number of hydroxylamine groups is 2. The molecule has 1 heterocycles. The molecule has 0 bridgehead atoms. The molecule has 1 aliphatic rings. The zero-order valence-corrected chi connectivity index (χ0v) is 15.5. The highest BCUT2D eigenvalue weighted by atomic mass is 32.2. The van der Waals surface area contributed by atoms with Crippen LogP contribution in [-0.2, 0) is 25.9 Å². The minimum Gasteiger partial charge on any atom is -0.329 e. The molecule has 7 nitrogen and oxygen atoms in total. The summed E-state index contributed by atoms with van der Waals surface area (Å²) >= 11 is 0. The second kappa shape index (κ2) is 6.96. The lowest BCUT2D eigenvalue weighted by Gasteiger charge is -2.13. The molecule has 2 aromatic carbocycles. The Morgan fingerprint density at radius 2 is 1.48 bits per heavy atom. The summed E-state index contributed by atoms with van der Waals surface area (Å²) in [5, 5.41) is -0.105. The molecule has 27 heavy (non-hydrogen) atoms. The minimum absolute atomic E-state index is 0.162. The maximum Gasteiger partial charge on any atom is 0.337 e. The van der Waals surface area contributed by atoms with E-state index in [9.17, 15) is 22.8 Å². The molecule has 3 rings (SSSR count). The van der Waals surface area contributed by atoms with Crippen molar-refractivity contribution in [3.05, 3.63) is 65.2 Å². The van der Waals surface area contributed by atoms with Gasteiger partial charge in [-0.1, -0.05) is 29.3 Å². The Morgan fingerprint density at radius 3 is 1.96 bits per heavy atom. The van der Waals surface area contributed by atoms with Gasteiger partial charge in [-0.3, -0.25) is 9.59 Å². The number of hydrogen-bond acceptors (Lipinski definition) is 6. The largest absolute Gasteiger partial charge is 0.337 e. The van der Waals surface area contributed by atoms with Crippen molar-refractivity contribution < 1.29 is 27.6 Å². The van der Waals surface area contributed by atoms with Gasteiger partial charge in [0.25, 0.3) is 11.8 Å². The fraction of sp³-hybridized carbons (Fsp3) is 0.211. The molecule has 0 unspecified atom stereocenters. The Balaban J connectivity index is 1.69. The molecular formula is C19H17NO6S. The molecule has 0 N–H and O–H groups in total. The van der Waals surface area contributed by atoms with Crippen molar-refractivity contribution in [3.8, 4) is 0 Å². The zero-order valence-electron chi connectivity index (χ0n) is 14.7. The first-order chi connectivity index (χ1) is 12.7. The van der Waals surface area contributed by atoms with Crippen molar-refractivity contribution in [3.63, 3.8) is 0 Å². The number of hydrogen-bond donors (Lipinski definition) is 0. The molecule has 0 saturated carbocycles. The quantitative estimate of drug-likeness (QED) is 0.729. The summed E-state index contributed by atoms with van der Waals surface area (Å²) < 4.78 is 24.2. The lowest BCUT2D eigenvalue weighted by atomic mass is 10.1. The van der Waals surface area contributed by atoms with Crippen molar-refractivity contribution in [2.24, 2.45) is 0 Å². The summed E-state index contributed by atoms with van der Waals surface area (Å²) in [4.78, 5) is 41.6. The van der Waals surface area contributed by atoms with E-state index < -0.39 is 32.9 Å². The van der Waals surface area contributed by atoms with Gasteiger partial charge in [0.1, 0.15) is 0 Å². The van der Waals surface area contributed by atoms with Crippen molar-refractivity contribution in [1.29, 1.82) is 0 Å². The SMILES string of the molecule is CC(C)S(=O)(=O)c1ccc(CC(=O)ON2C(=O)c3ccccc3C2=O)cc1. The highest BCUT2D eigenvalue weighted by Crippen LogP contribution is 2.23. The van der Waals surface area contributed by atoms with Gasteiger partial charge in [-0.2, -0.15) is 0 Å². The van der Waals surface area contributed by atoms with Crippen molar-refractivity contribution in [2.45, 2.75) is 30.4 Å². The fourth-order valence-electron chi connectivity index (χ4n) is 2.62. The molecular weight excluding hydrogens is 370 g/mol. The van der Waals surface area contributed by atoms with Gasteiger partial charge < -0.3 is 4.84 Å². The normalized spacial score (nSPS) is 13.8. The first-order valence-electron chi connectivity index (χ1n) is 8.23. The molecule has 2 amide bonds. The van der Waals surface area contributed by atoms with E-state index in [-0.39, 0.29) is 22.4 Å².